The van der Waals surface area contributed by atoms with Crippen molar-refractivity contribution in [3.63, 3.8) is 0 Å². The Hall–Kier alpha value is -0.720. The first-order valence-corrected chi connectivity index (χ1v) is 10.1. The Labute approximate surface area is 132 Å². The quantitative estimate of drug-likeness (QED) is 0.539. The number of nitrogens with two attached hydrogens (primary N) is 1. The predicted molar refractivity (Wildman–Crippen MR) is 92.4 cm³/mol. The van der Waals surface area contributed by atoms with Gasteiger partial charge in [0.1, 0.15) is 4.90 Å². The van der Waals surface area contributed by atoms with E-state index in [2.05, 4.69) is 11.0 Å². The molecule has 1 aromatic carbocycles. The molecule has 0 amide bonds. The summed E-state index contributed by atoms with van der Waals surface area (Å²) in [5.41, 5.74) is 7.81. The van der Waals surface area contributed by atoms with Crippen molar-refractivity contribution in [1.82, 2.24) is 4.72 Å². The SMILES string of the molecule is CSCCCCCCNS(=O)(=O)c1c(N)ccc(C)c1C. The molecule has 0 aliphatic carbocycles. The third-order valence-corrected chi connectivity index (χ3v) is 5.90. The molecule has 6 heteroatoms. The molecular weight excluding hydrogens is 304 g/mol. The van der Waals surface area contributed by atoms with Crippen molar-refractivity contribution >= 4 is 27.5 Å². The van der Waals surface area contributed by atoms with Gasteiger partial charge in [-0.15, -0.1) is 0 Å². The number of hydrogen-bond acceptors (Lipinski definition) is 4. The van der Waals surface area contributed by atoms with Gasteiger partial charge in [-0.05, 0) is 55.9 Å². The molecule has 0 aliphatic heterocycles. The maximum atomic E-state index is 12.4. The smallest absolute Gasteiger partial charge is 0.242 e. The molecule has 0 unspecified atom stereocenters. The van der Waals surface area contributed by atoms with Crippen LogP contribution in [0.5, 0.6) is 0 Å². The minimum absolute atomic E-state index is 0.227. The molecule has 0 saturated heterocycles. The van der Waals surface area contributed by atoms with Crippen LogP contribution in [0.3, 0.4) is 0 Å². The second-order valence-electron chi connectivity index (χ2n) is 5.23. The molecule has 0 fully saturated rings. The lowest BCUT2D eigenvalue weighted by atomic mass is 10.1. The summed E-state index contributed by atoms with van der Waals surface area (Å²) in [4.78, 5) is 0.227. The summed E-state index contributed by atoms with van der Waals surface area (Å²) in [5.74, 6) is 1.17. The van der Waals surface area contributed by atoms with Crippen LogP contribution in [0, 0.1) is 13.8 Å². The van der Waals surface area contributed by atoms with Gasteiger partial charge in [-0.2, -0.15) is 11.8 Å². The maximum Gasteiger partial charge on any atom is 0.242 e. The average Bonchev–Trinajstić information content (AvgIpc) is 2.42. The zero-order valence-corrected chi connectivity index (χ0v) is 14.7. The van der Waals surface area contributed by atoms with E-state index in [1.54, 1.807) is 13.0 Å². The summed E-state index contributed by atoms with van der Waals surface area (Å²) in [6, 6.07) is 3.49. The van der Waals surface area contributed by atoms with Gasteiger partial charge in [-0.3, -0.25) is 0 Å². The third-order valence-electron chi connectivity index (χ3n) is 3.54. The molecule has 1 rings (SSSR count). The van der Waals surface area contributed by atoms with Gasteiger partial charge in [0, 0.05) is 6.54 Å². The Kier molecular flexibility index (Phi) is 7.56. The van der Waals surface area contributed by atoms with E-state index < -0.39 is 10.0 Å². The molecular formula is C15H26N2O2S2. The Bertz CT molecular complexity index is 557. The zero-order valence-electron chi connectivity index (χ0n) is 13.1. The Morgan fingerprint density at radius 2 is 1.81 bits per heavy atom. The average molecular weight is 331 g/mol. The molecule has 0 aromatic heterocycles. The van der Waals surface area contributed by atoms with Crippen LogP contribution in [0.15, 0.2) is 17.0 Å². The lowest BCUT2D eigenvalue weighted by Gasteiger charge is -2.13. The van der Waals surface area contributed by atoms with Crippen LogP contribution in [-0.2, 0) is 10.0 Å². The second kappa shape index (κ2) is 8.66. The minimum atomic E-state index is -3.52. The highest BCUT2D eigenvalue weighted by Gasteiger charge is 2.20. The number of sulfonamides is 1. The van der Waals surface area contributed by atoms with E-state index in [0.29, 0.717) is 12.2 Å². The number of thioether (sulfide) groups is 1. The molecule has 0 radical (unpaired) electrons. The van der Waals surface area contributed by atoms with E-state index in [1.165, 1.54) is 12.2 Å². The first-order valence-electron chi connectivity index (χ1n) is 7.24. The fourth-order valence-corrected chi connectivity index (χ4v) is 4.16. The predicted octanol–water partition coefficient (Wildman–Crippen LogP) is 3.09. The molecule has 0 atom stereocenters. The number of hydrogen-bond donors (Lipinski definition) is 2. The highest BCUT2D eigenvalue weighted by Crippen LogP contribution is 2.25. The monoisotopic (exact) mass is 330 g/mol. The molecule has 120 valence electrons. The van der Waals surface area contributed by atoms with Crippen molar-refractivity contribution in [1.29, 1.82) is 0 Å². The van der Waals surface area contributed by atoms with Gasteiger partial charge in [-0.25, -0.2) is 13.1 Å². The number of benzene rings is 1. The van der Waals surface area contributed by atoms with Crippen molar-refractivity contribution in [3.05, 3.63) is 23.3 Å². The van der Waals surface area contributed by atoms with Crippen LogP contribution in [-0.4, -0.2) is 27.0 Å². The Morgan fingerprint density at radius 1 is 1.14 bits per heavy atom. The summed E-state index contributed by atoms with van der Waals surface area (Å²) in [6.07, 6.45) is 6.35. The second-order valence-corrected chi connectivity index (χ2v) is 7.92. The van der Waals surface area contributed by atoms with Crippen LogP contribution in [0.25, 0.3) is 0 Å². The lowest BCUT2D eigenvalue weighted by Crippen LogP contribution is -2.26. The fourth-order valence-electron chi connectivity index (χ4n) is 2.17. The highest BCUT2D eigenvalue weighted by molar-refractivity contribution is 7.98. The van der Waals surface area contributed by atoms with E-state index in [4.69, 9.17) is 5.73 Å². The van der Waals surface area contributed by atoms with Gasteiger partial charge in [0.05, 0.1) is 5.69 Å². The van der Waals surface area contributed by atoms with Gasteiger partial charge in [0.2, 0.25) is 10.0 Å². The topological polar surface area (TPSA) is 72.2 Å². The number of nitrogen functional groups attached to an aromatic ring is 1. The summed E-state index contributed by atoms with van der Waals surface area (Å²) in [7, 11) is -3.52. The maximum absolute atomic E-state index is 12.4. The van der Waals surface area contributed by atoms with Crippen LogP contribution >= 0.6 is 11.8 Å². The molecule has 0 bridgehead atoms. The van der Waals surface area contributed by atoms with Crippen molar-refractivity contribution in [2.45, 2.75) is 44.4 Å². The summed E-state index contributed by atoms with van der Waals surface area (Å²) < 4.78 is 27.4. The van der Waals surface area contributed by atoms with Gasteiger partial charge in [0.15, 0.2) is 0 Å². The van der Waals surface area contributed by atoms with E-state index in [-0.39, 0.29) is 4.90 Å². The van der Waals surface area contributed by atoms with E-state index in [9.17, 15) is 8.42 Å². The van der Waals surface area contributed by atoms with Crippen molar-refractivity contribution < 1.29 is 8.42 Å². The lowest BCUT2D eigenvalue weighted by molar-refractivity contribution is 0.573. The molecule has 0 spiro atoms. The summed E-state index contributed by atoms with van der Waals surface area (Å²) >= 11 is 1.85. The van der Waals surface area contributed by atoms with Gasteiger partial charge in [-0.1, -0.05) is 18.9 Å². The number of aryl methyl sites for hydroxylation is 1. The Morgan fingerprint density at radius 3 is 2.48 bits per heavy atom. The van der Waals surface area contributed by atoms with E-state index >= 15 is 0 Å². The largest absolute Gasteiger partial charge is 0.398 e. The minimum Gasteiger partial charge on any atom is -0.398 e. The van der Waals surface area contributed by atoms with Crippen LogP contribution in [0.2, 0.25) is 0 Å². The highest BCUT2D eigenvalue weighted by atomic mass is 32.2. The van der Waals surface area contributed by atoms with Crippen molar-refractivity contribution in [2.24, 2.45) is 0 Å². The first kappa shape index (κ1) is 18.3. The standard InChI is InChI=1S/C15H26N2O2S2/c1-12-8-9-14(16)15(13(12)2)21(18,19)17-10-6-4-5-7-11-20-3/h8-9,17H,4-7,10-11,16H2,1-3H3. The summed E-state index contributed by atoms with van der Waals surface area (Å²) in [5, 5.41) is 0. The van der Waals surface area contributed by atoms with Crippen molar-refractivity contribution in [2.75, 3.05) is 24.3 Å². The van der Waals surface area contributed by atoms with Crippen LogP contribution in [0.1, 0.15) is 36.8 Å². The molecule has 1 aromatic rings. The van der Waals surface area contributed by atoms with Gasteiger partial charge < -0.3 is 5.73 Å². The normalized spacial score (nSPS) is 11.8. The first-order chi connectivity index (χ1) is 9.90. The Balaban J connectivity index is 2.57. The molecule has 3 N–H and O–H groups in total. The summed E-state index contributed by atoms with van der Waals surface area (Å²) in [6.45, 7) is 4.15. The number of nitrogens with one attached hydrogen (secondary N) is 1. The van der Waals surface area contributed by atoms with E-state index in [1.807, 2.05) is 24.8 Å². The van der Waals surface area contributed by atoms with Crippen LogP contribution in [0.4, 0.5) is 5.69 Å². The fraction of sp³-hybridized carbons (Fsp3) is 0.600. The third kappa shape index (κ3) is 5.52. The van der Waals surface area contributed by atoms with Gasteiger partial charge >= 0.3 is 0 Å². The van der Waals surface area contributed by atoms with E-state index in [0.717, 1.165) is 30.4 Å². The molecule has 4 nitrogen and oxygen atoms in total. The number of unbranched alkanes of at least 4 members (excludes halogenated alkanes) is 3. The molecule has 0 heterocycles. The zero-order chi connectivity index (χ0) is 15.9. The number of anilines is 1. The molecule has 0 saturated carbocycles. The molecule has 21 heavy (non-hydrogen) atoms. The van der Waals surface area contributed by atoms with Crippen molar-refractivity contribution in [3.8, 4) is 0 Å². The van der Waals surface area contributed by atoms with Crippen LogP contribution < -0.4 is 10.5 Å². The molecule has 0 aliphatic rings. The number of rotatable bonds is 9. The van der Waals surface area contributed by atoms with Gasteiger partial charge in [0.25, 0.3) is 0 Å².